The van der Waals surface area contributed by atoms with Crippen molar-refractivity contribution in [1.29, 1.82) is 0 Å². The Balaban J connectivity index is 2.12. The monoisotopic (exact) mass is 319 g/mol. The van der Waals surface area contributed by atoms with E-state index in [2.05, 4.69) is 55.6 Å². The molecule has 1 nitrogen and oxygen atoms in total. The van der Waals surface area contributed by atoms with Crippen LogP contribution in [0.5, 0.6) is 0 Å². The molecule has 0 aliphatic heterocycles. The lowest BCUT2D eigenvalue weighted by Crippen LogP contribution is -2.22. The lowest BCUT2D eigenvalue weighted by molar-refractivity contribution is 0.549. The van der Waals surface area contributed by atoms with E-state index in [0.29, 0.717) is 6.04 Å². The van der Waals surface area contributed by atoms with E-state index in [-0.39, 0.29) is 0 Å². The average Bonchev–Trinajstić information content (AvgIpc) is 2.50. The lowest BCUT2D eigenvalue weighted by Gasteiger charge is -2.19. The van der Waals surface area contributed by atoms with Crippen LogP contribution in [0.4, 0.5) is 0 Å². The third kappa shape index (κ3) is 5.06. The third-order valence-electron chi connectivity index (χ3n) is 3.40. The van der Waals surface area contributed by atoms with Gasteiger partial charge in [-0.1, -0.05) is 49.7 Å². The number of rotatable bonds is 7. The van der Waals surface area contributed by atoms with Crippen molar-refractivity contribution in [3.63, 3.8) is 0 Å². The van der Waals surface area contributed by atoms with Crippen LogP contribution >= 0.6 is 23.4 Å². The molecule has 0 aliphatic rings. The van der Waals surface area contributed by atoms with Gasteiger partial charge in [-0.15, -0.1) is 11.8 Å². The van der Waals surface area contributed by atoms with Crippen molar-refractivity contribution >= 4 is 23.4 Å². The zero-order valence-electron chi connectivity index (χ0n) is 12.6. The molecule has 21 heavy (non-hydrogen) atoms. The third-order valence-corrected chi connectivity index (χ3v) is 4.54. The maximum absolute atomic E-state index is 5.96. The quantitative estimate of drug-likeness (QED) is 0.691. The van der Waals surface area contributed by atoms with Crippen LogP contribution in [0.1, 0.15) is 31.0 Å². The van der Waals surface area contributed by atoms with Crippen LogP contribution in [-0.4, -0.2) is 12.3 Å². The molecule has 1 unspecified atom stereocenters. The number of halogens is 1. The number of thioether (sulfide) groups is 1. The van der Waals surface area contributed by atoms with E-state index in [4.69, 9.17) is 11.6 Å². The van der Waals surface area contributed by atoms with Gasteiger partial charge in [0.15, 0.2) is 0 Å². The SMILES string of the molecule is CCNC(Cc1ccc(Cl)cc1)c1ccc(SCC)cc1. The van der Waals surface area contributed by atoms with E-state index in [1.165, 1.54) is 16.0 Å². The molecule has 1 N–H and O–H groups in total. The summed E-state index contributed by atoms with van der Waals surface area (Å²) in [4.78, 5) is 1.34. The van der Waals surface area contributed by atoms with Gasteiger partial charge in [-0.05, 0) is 54.1 Å². The first-order chi connectivity index (χ1) is 10.2. The van der Waals surface area contributed by atoms with Gasteiger partial charge in [0.2, 0.25) is 0 Å². The van der Waals surface area contributed by atoms with E-state index >= 15 is 0 Å². The summed E-state index contributed by atoms with van der Waals surface area (Å²) in [5, 5.41) is 4.37. The Morgan fingerprint density at radius 2 is 1.67 bits per heavy atom. The van der Waals surface area contributed by atoms with Crippen LogP contribution in [0, 0.1) is 0 Å². The van der Waals surface area contributed by atoms with E-state index in [0.717, 1.165) is 23.7 Å². The van der Waals surface area contributed by atoms with Gasteiger partial charge >= 0.3 is 0 Å². The summed E-state index contributed by atoms with van der Waals surface area (Å²) in [6.45, 7) is 5.29. The molecule has 0 saturated carbocycles. The van der Waals surface area contributed by atoms with Crippen molar-refractivity contribution in [3.8, 4) is 0 Å². The minimum Gasteiger partial charge on any atom is -0.310 e. The smallest absolute Gasteiger partial charge is 0.0406 e. The van der Waals surface area contributed by atoms with E-state index in [9.17, 15) is 0 Å². The zero-order valence-corrected chi connectivity index (χ0v) is 14.2. The molecule has 0 bridgehead atoms. The molecule has 112 valence electrons. The Morgan fingerprint density at radius 3 is 2.24 bits per heavy atom. The fourth-order valence-electron chi connectivity index (χ4n) is 2.37. The van der Waals surface area contributed by atoms with Crippen LogP contribution in [0.2, 0.25) is 5.02 Å². The van der Waals surface area contributed by atoms with Gasteiger partial charge in [0.25, 0.3) is 0 Å². The maximum atomic E-state index is 5.96. The number of hydrogen-bond acceptors (Lipinski definition) is 2. The second-order valence-corrected chi connectivity index (χ2v) is 6.72. The Labute approximate surface area is 137 Å². The van der Waals surface area contributed by atoms with Crippen molar-refractivity contribution in [3.05, 3.63) is 64.7 Å². The van der Waals surface area contributed by atoms with Gasteiger partial charge in [0, 0.05) is 16.0 Å². The molecule has 0 radical (unpaired) electrons. The second kappa shape index (κ2) is 8.47. The first-order valence-electron chi connectivity index (χ1n) is 7.43. The largest absolute Gasteiger partial charge is 0.310 e. The van der Waals surface area contributed by atoms with Crippen molar-refractivity contribution in [2.24, 2.45) is 0 Å². The molecule has 0 spiro atoms. The van der Waals surface area contributed by atoms with Crippen LogP contribution in [0.15, 0.2) is 53.4 Å². The standard InChI is InChI=1S/C18H22ClNS/c1-3-20-18(13-14-5-9-16(19)10-6-14)15-7-11-17(12-8-15)21-4-2/h5-12,18,20H,3-4,13H2,1-2H3. The molecule has 2 rings (SSSR count). The van der Waals surface area contributed by atoms with Crippen molar-refractivity contribution in [2.45, 2.75) is 31.2 Å². The van der Waals surface area contributed by atoms with Gasteiger partial charge < -0.3 is 5.32 Å². The second-order valence-electron chi connectivity index (χ2n) is 4.94. The van der Waals surface area contributed by atoms with E-state index in [1.807, 2.05) is 23.9 Å². The average molecular weight is 320 g/mol. The molecule has 0 amide bonds. The first-order valence-corrected chi connectivity index (χ1v) is 8.79. The molecule has 0 fully saturated rings. The molecule has 2 aromatic rings. The van der Waals surface area contributed by atoms with Crippen molar-refractivity contribution in [1.82, 2.24) is 5.32 Å². The van der Waals surface area contributed by atoms with Crippen LogP contribution in [0.25, 0.3) is 0 Å². The van der Waals surface area contributed by atoms with Gasteiger partial charge in [-0.25, -0.2) is 0 Å². The lowest BCUT2D eigenvalue weighted by atomic mass is 9.99. The maximum Gasteiger partial charge on any atom is 0.0406 e. The molecular weight excluding hydrogens is 298 g/mol. The molecule has 0 aliphatic carbocycles. The fraction of sp³-hybridized carbons (Fsp3) is 0.333. The van der Waals surface area contributed by atoms with Crippen LogP contribution in [-0.2, 0) is 6.42 Å². The van der Waals surface area contributed by atoms with Gasteiger partial charge in [0.05, 0.1) is 0 Å². The Hall–Kier alpha value is -0.960. The minimum atomic E-state index is 0.344. The normalized spacial score (nSPS) is 12.3. The summed E-state index contributed by atoms with van der Waals surface area (Å²) in [6.07, 6.45) is 0.977. The van der Waals surface area contributed by atoms with Crippen molar-refractivity contribution in [2.75, 3.05) is 12.3 Å². The molecule has 2 aromatic carbocycles. The highest BCUT2D eigenvalue weighted by atomic mass is 35.5. The van der Waals surface area contributed by atoms with Gasteiger partial charge in [0.1, 0.15) is 0 Å². The summed E-state index contributed by atoms with van der Waals surface area (Å²) in [7, 11) is 0. The van der Waals surface area contributed by atoms with E-state index < -0.39 is 0 Å². The van der Waals surface area contributed by atoms with Gasteiger partial charge in [-0.3, -0.25) is 0 Å². The first kappa shape index (κ1) is 16.4. The van der Waals surface area contributed by atoms with Crippen molar-refractivity contribution < 1.29 is 0 Å². The molecule has 0 saturated heterocycles. The summed E-state index contributed by atoms with van der Waals surface area (Å²) < 4.78 is 0. The Morgan fingerprint density at radius 1 is 1.00 bits per heavy atom. The molecule has 1 atom stereocenters. The number of hydrogen-bond donors (Lipinski definition) is 1. The Bertz CT molecular complexity index is 536. The molecule has 0 heterocycles. The topological polar surface area (TPSA) is 12.0 Å². The highest BCUT2D eigenvalue weighted by Crippen LogP contribution is 2.23. The zero-order chi connectivity index (χ0) is 15.1. The van der Waals surface area contributed by atoms with Gasteiger partial charge in [-0.2, -0.15) is 0 Å². The summed E-state index contributed by atoms with van der Waals surface area (Å²) >= 11 is 7.84. The fourth-order valence-corrected chi connectivity index (χ4v) is 3.16. The molecule has 3 heteroatoms. The summed E-state index contributed by atoms with van der Waals surface area (Å²) in [6, 6.07) is 17.4. The Kier molecular flexibility index (Phi) is 6.62. The number of nitrogens with one attached hydrogen (secondary N) is 1. The predicted molar refractivity (Wildman–Crippen MR) is 94.4 cm³/mol. The van der Waals surface area contributed by atoms with E-state index in [1.54, 1.807) is 0 Å². The highest BCUT2D eigenvalue weighted by molar-refractivity contribution is 7.99. The number of likely N-dealkylation sites (N-methyl/N-ethyl adjacent to an activating group) is 1. The molecule has 0 aromatic heterocycles. The molecular formula is C18H22ClNS. The predicted octanol–water partition coefficient (Wildman–Crippen LogP) is 5.35. The minimum absolute atomic E-state index is 0.344. The number of benzene rings is 2. The summed E-state index contributed by atoms with van der Waals surface area (Å²) in [5.74, 6) is 1.11. The van der Waals surface area contributed by atoms with Crippen LogP contribution < -0.4 is 5.32 Å². The highest BCUT2D eigenvalue weighted by Gasteiger charge is 2.11. The van der Waals surface area contributed by atoms with Crippen LogP contribution in [0.3, 0.4) is 0 Å². The summed E-state index contributed by atoms with van der Waals surface area (Å²) in [5.41, 5.74) is 2.64.